The quantitative estimate of drug-likeness (QED) is 0.393. The number of nitrogens with one attached hydrogen (secondary N) is 1. The van der Waals surface area contributed by atoms with Gasteiger partial charge in [-0.1, -0.05) is 18.2 Å². The molecule has 1 aromatic heterocycles. The predicted molar refractivity (Wildman–Crippen MR) is 127 cm³/mol. The van der Waals surface area contributed by atoms with Gasteiger partial charge < -0.3 is 24.1 Å². The van der Waals surface area contributed by atoms with Crippen molar-refractivity contribution in [2.24, 2.45) is 0 Å². The minimum absolute atomic E-state index is 0.250. The number of aromatic nitrogens is 1. The lowest BCUT2D eigenvalue weighted by Gasteiger charge is -2.23. The number of amides is 2. The molecule has 2 heterocycles. The molecule has 3 aromatic carbocycles. The van der Waals surface area contributed by atoms with Crippen LogP contribution in [0.2, 0.25) is 0 Å². The molecule has 0 aliphatic carbocycles. The molecular weight excluding hydrogens is 437 g/mol. The average molecular weight is 461 g/mol. The minimum atomic E-state index is -0.277. The van der Waals surface area contributed by atoms with Gasteiger partial charge in [0.2, 0.25) is 5.89 Å². The Balaban J connectivity index is 1.38. The van der Waals surface area contributed by atoms with E-state index in [1.165, 1.54) is 12.1 Å². The number of hydrogen-bond acceptors (Lipinski definition) is 5. The second-order valence-corrected chi connectivity index (χ2v) is 8.09. The molecule has 8 heteroatoms. The number of oxazole rings is 1. The van der Waals surface area contributed by atoms with Crippen molar-refractivity contribution in [1.82, 2.24) is 9.88 Å². The third-order valence-corrected chi connectivity index (χ3v) is 6.03. The van der Waals surface area contributed by atoms with Gasteiger partial charge in [0.05, 0.1) is 19.9 Å². The van der Waals surface area contributed by atoms with Crippen molar-refractivity contribution in [3.05, 3.63) is 72.4 Å². The molecule has 7 nitrogen and oxygen atoms in total. The molecule has 1 atom stereocenters. The summed E-state index contributed by atoms with van der Waals surface area (Å²) >= 11 is 0. The van der Waals surface area contributed by atoms with Crippen LogP contribution < -0.4 is 14.8 Å². The molecule has 0 radical (unpaired) electrons. The van der Waals surface area contributed by atoms with Gasteiger partial charge >= 0.3 is 6.03 Å². The Morgan fingerprint density at radius 3 is 2.62 bits per heavy atom. The monoisotopic (exact) mass is 461 g/mol. The van der Waals surface area contributed by atoms with Crippen molar-refractivity contribution in [3.8, 4) is 22.6 Å². The molecule has 0 saturated carbocycles. The van der Waals surface area contributed by atoms with E-state index in [0.717, 1.165) is 24.0 Å². The van der Waals surface area contributed by atoms with Gasteiger partial charge in [-0.3, -0.25) is 0 Å². The van der Waals surface area contributed by atoms with E-state index in [2.05, 4.69) is 5.32 Å². The Labute approximate surface area is 196 Å². The first kappa shape index (κ1) is 21.8. The summed E-state index contributed by atoms with van der Waals surface area (Å²) < 4.78 is 29.9. The number of likely N-dealkylation sites (tertiary alicyclic amines) is 1. The number of hydrogen-bond donors (Lipinski definition) is 1. The Kier molecular flexibility index (Phi) is 5.79. The summed E-state index contributed by atoms with van der Waals surface area (Å²) in [6, 6.07) is 16.7. The molecule has 1 fully saturated rings. The average Bonchev–Trinajstić information content (AvgIpc) is 3.51. The van der Waals surface area contributed by atoms with E-state index < -0.39 is 0 Å². The zero-order chi connectivity index (χ0) is 23.7. The molecule has 1 aliphatic rings. The highest BCUT2D eigenvalue weighted by Crippen LogP contribution is 2.36. The molecule has 5 rings (SSSR count). The van der Waals surface area contributed by atoms with Crippen molar-refractivity contribution in [1.29, 1.82) is 0 Å². The highest BCUT2D eigenvalue weighted by Gasteiger charge is 2.34. The molecule has 0 unspecified atom stereocenters. The van der Waals surface area contributed by atoms with E-state index in [9.17, 15) is 9.18 Å². The van der Waals surface area contributed by atoms with Crippen LogP contribution in [0.25, 0.3) is 22.2 Å². The number of carbonyl (C=O) groups is 1. The van der Waals surface area contributed by atoms with Crippen molar-refractivity contribution in [2.75, 3.05) is 26.1 Å². The fraction of sp³-hybridized carbons (Fsp3) is 0.231. The number of fused-ring (bicyclic) bond motifs is 1. The van der Waals surface area contributed by atoms with Gasteiger partial charge in [0.15, 0.2) is 5.58 Å². The van der Waals surface area contributed by atoms with Crippen LogP contribution in [-0.4, -0.2) is 36.7 Å². The number of nitrogens with zero attached hydrogens (tertiary/aromatic N) is 2. The minimum Gasteiger partial charge on any atom is -0.497 e. The first-order valence-corrected chi connectivity index (χ1v) is 11.0. The van der Waals surface area contributed by atoms with Crippen LogP contribution in [0.3, 0.4) is 0 Å². The number of benzene rings is 3. The summed E-state index contributed by atoms with van der Waals surface area (Å²) in [5.41, 5.74) is 3.70. The smallest absolute Gasteiger partial charge is 0.322 e. The zero-order valence-electron chi connectivity index (χ0n) is 18.9. The Bertz CT molecular complexity index is 1340. The van der Waals surface area contributed by atoms with Crippen LogP contribution >= 0.6 is 0 Å². The molecule has 0 bridgehead atoms. The maximum Gasteiger partial charge on any atom is 0.322 e. The van der Waals surface area contributed by atoms with E-state index in [1.807, 2.05) is 18.2 Å². The number of urea groups is 1. The van der Waals surface area contributed by atoms with E-state index in [-0.39, 0.29) is 17.9 Å². The SMILES string of the molecule is COc1ccc(NC(=O)N2CCC[C@H]2c2nc3cc(-c4ccc(F)cc4)ccc3o2)c(OC)c1. The zero-order valence-corrected chi connectivity index (χ0v) is 18.9. The number of anilines is 1. The van der Waals surface area contributed by atoms with Crippen molar-refractivity contribution in [2.45, 2.75) is 18.9 Å². The first-order valence-electron chi connectivity index (χ1n) is 11.0. The lowest BCUT2D eigenvalue weighted by Crippen LogP contribution is -2.34. The normalized spacial score (nSPS) is 15.5. The molecule has 1 aliphatic heterocycles. The Hall–Kier alpha value is -4.07. The summed E-state index contributed by atoms with van der Waals surface area (Å²) in [4.78, 5) is 19.6. The van der Waals surface area contributed by atoms with E-state index in [1.54, 1.807) is 49.5 Å². The Morgan fingerprint density at radius 1 is 1.06 bits per heavy atom. The van der Waals surface area contributed by atoms with Crippen LogP contribution in [0.4, 0.5) is 14.9 Å². The largest absolute Gasteiger partial charge is 0.497 e. The van der Waals surface area contributed by atoms with E-state index in [4.69, 9.17) is 18.9 Å². The molecule has 1 N–H and O–H groups in total. The highest BCUT2D eigenvalue weighted by molar-refractivity contribution is 5.91. The molecule has 174 valence electrons. The molecule has 1 saturated heterocycles. The highest BCUT2D eigenvalue weighted by atomic mass is 19.1. The molecular formula is C26H24FN3O4. The van der Waals surface area contributed by atoms with Crippen LogP contribution in [0, 0.1) is 5.82 Å². The van der Waals surface area contributed by atoms with Crippen LogP contribution in [0.15, 0.2) is 65.1 Å². The van der Waals surface area contributed by atoms with Gasteiger partial charge in [-0.25, -0.2) is 14.2 Å². The van der Waals surface area contributed by atoms with Gasteiger partial charge in [-0.05, 0) is 60.4 Å². The first-order chi connectivity index (χ1) is 16.6. The lowest BCUT2D eigenvalue weighted by atomic mass is 10.1. The molecule has 34 heavy (non-hydrogen) atoms. The summed E-state index contributed by atoms with van der Waals surface area (Å²) in [5, 5.41) is 2.93. The van der Waals surface area contributed by atoms with Crippen LogP contribution in [-0.2, 0) is 0 Å². The van der Waals surface area contributed by atoms with Crippen molar-refractivity contribution >= 4 is 22.8 Å². The summed E-state index contributed by atoms with van der Waals surface area (Å²) in [7, 11) is 3.12. The molecule has 2 amide bonds. The number of carbonyl (C=O) groups excluding carboxylic acids is 1. The lowest BCUT2D eigenvalue weighted by molar-refractivity contribution is 0.198. The van der Waals surface area contributed by atoms with Gasteiger partial charge in [0.25, 0.3) is 0 Å². The fourth-order valence-electron chi connectivity index (χ4n) is 4.27. The second-order valence-electron chi connectivity index (χ2n) is 8.09. The maximum absolute atomic E-state index is 13.3. The fourth-order valence-corrected chi connectivity index (χ4v) is 4.27. The second kappa shape index (κ2) is 9.05. The number of halogens is 1. The van der Waals surface area contributed by atoms with Gasteiger partial charge in [-0.15, -0.1) is 0 Å². The molecule has 4 aromatic rings. The van der Waals surface area contributed by atoms with Gasteiger partial charge in [-0.2, -0.15) is 0 Å². The van der Waals surface area contributed by atoms with Crippen molar-refractivity contribution < 1.29 is 23.1 Å². The summed E-state index contributed by atoms with van der Waals surface area (Å²) in [5.74, 6) is 1.38. The summed E-state index contributed by atoms with van der Waals surface area (Å²) in [6.07, 6.45) is 1.60. The maximum atomic E-state index is 13.3. The predicted octanol–water partition coefficient (Wildman–Crippen LogP) is 6.02. The molecule has 0 spiro atoms. The number of rotatable bonds is 5. The van der Waals surface area contributed by atoms with Gasteiger partial charge in [0, 0.05) is 12.6 Å². The third kappa shape index (κ3) is 4.14. The van der Waals surface area contributed by atoms with Crippen molar-refractivity contribution in [3.63, 3.8) is 0 Å². The van der Waals surface area contributed by atoms with E-state index >= 15 is 0 Å². The van der Waals surface area contributed by atoms with E-state index in [0.29, 0.717) is 40.7 Å². The Morgan fingerprint density at radius 2 is 1.85 bits per heavy atom. The third-order valence-electron chi connectivity index (χ3n) is 6.03. The topological polar surface area (TPSA) is 76.8 Å². The van der Waals surface area contributed by atoms with Gasteiger partial charge in [0.1, 0.15) is 28.9 Å². The number of methoxy groups -OCH3 is 2. The van der Waals surface area contributed by atoms with Crippen LogP contribution in [0.1, 0.15) is 24.8 Å². The number of ether oxygens (including phenoxy) is 2. The standard InChI is InChI=1S/C26H24FN3O4/c1-32-19-10-11-20(24(15-19)33-2)29-26(31)30-13-3-4-22(30)25-28-21-14-17(7-12-23(21)34-25)16-5-8-18(27)9-6-16/h5-12,14-15,22H,3-4,13H2,1-2H3,(H,29,31)/t22-/m0/s1. The van der Waals surface area contributed by atoms with Crippen LogP contribution in [0.5, 0.6) is 11.5 Å². The summed E-state index contributed by atoms with van der Waals surface area (Å²) in [6.45, 7) is 0.592.